The number of hydrogen-bond acceptors (Lipinski definition) is 3. The van der Waals surface area contributed by atoms with Crippen molar-refractivity contribution in [3.63, 3.8) is 0 Å². The first-order chi connectivity index (χ1) is 12.1. The van der Waals surface area contributed by atoms with Crippen molar-refractivity contribution in [1.29, 1.82) is 0 Å². The normalized spacial score (nSPS) is 27.4. The van der Waals surface area contributed by atoms with E-state index < -0.39 is 9.84 Å². The molecule has 1 saturated heterocycles. The summed E-state index contributed by atoms with van der Waals surface area (Å²) in [6, 6.07) is 7.07. The Morgan fingerprint density at radius 3 is 2.24 bits per heavy atom. The number of sulfone groups is 1. The summed E-state index contributed by atoms with van der Waals surface area (Å²) in [5.41, 5.74) is 0.619. The minimum atomic E-state index is -3.24. The van der Waals surface area contributed by atoms with Gasteiger partial charge in [0.05, 0.1) is 10.1 Å². The number of fused-ring (bicyclic) bond motifs is 1. The SMILES string of the molecule is O=C(c1ccc(S(=O)(=O)C2CCCC2)cc1)N1C[C@@H]2CCCCC[C@H]21. The zero-order chi connectivity index (χ0) is 17.4. The Morgan fingerprint density at radius 2 is 1.52 bits per heavy atom. The molecule has 4 rings (SSSR count). The molecule has 4 nitrogen and oxygen atoms in total. The van der Waals surface area contributed by atoms with Gasteiger partial charge in [-0.15, -0.1) is 0 Å². The lowest BCUT2D eigenvalue weighted by Crippen LogP contribution is -2.58. The van der Waals surface area contributed by atoms with Crippen LogP contribution in [0.25, 0.3) is 0 Å². The molecule has 0 aromatic heterocycles. The molecule has 3 aliphatic rings. The fraction of sp³-hybridized carbons (Fsp3) is 0.650. The van der Waals surface area contributed by atoms with E-state index in [1.54, 1.807) is 24.3 Å². The standard InChI is InChI=1S/C20H27NO3S/c22-20(21-14-16-6-2-1-3-9-19(16)21)15-10-12-18(13-11-15)25(23,24)17-7-4-5-8-17/h10-13,16-17,19H,1-9,14H2/t16-,19+/m0/s1. The predicted molar refractivity (Wildman–Crippen MR) is 97.3 cm³/mol. The summed E-state index contributed by atoms with van der Waals surface area (Å²) in [5, 5.41) is -0.240. The van der Waals surface area contributed by atoms with E-state index in [0.717, 1.165) is 38.6 Å². The van der Waals surface area contributed by atoms with Crippen LogP contribution in [-0.2, 0) is 9.84 Å². The number of carbonyl (C=O) groups excluding carboxylic acids is 1. The van der Waals surface area contributed by atoms with Crippen molar-refractivity contribution in [2.45, 2.75) is 74.0 Å². The predicted octanol–water partition coefficient (Wildman–Crippen LogP) is 3.81. The molecule has 2 saturated carbocycles. The van der Waals surface area contributed by atoms with E-state index in [4.69, 9.17) is 0 Å². The topological polar surface area (TPSA) is 54.5 Å². The number of rotatable bonds is 3. The first-order valence-electron chi connectivity index (χ1n) is 9.72. The molecule has 0 radical (unpaired) electrons. The molecule has 1 aliphatic heterocycles. The molecule has 136 valence electrons. The van der Waals surface area contributed by atoms with Gasteiger partial charge in [0.15, 0.2) is 9.84 Å². The second-order valence-electron chi connectivity index (χ2n) is 7.90. The van der Waals surface area contributed by atoms with Crippen LogP contribution >= 0.6 is 0 Å². The minimum absolute atomic E-state index is 0.0629. The average Bonchev–Trinajstić information content (AvgIpc) is 3.09. The van der Waals surface area contributed by atoms with Gasteiger partial charge in [-0.05, 0) is 55.9 Å². The maximum Gasteiger partial charge on any atom is 0.254 e. The maximum absolute atomic E-state index is 12.8. The summed E-state index contributed by atoms with van der Waals surface area (Å²) in [6.07, 6.45) is 9.66. The van der Waals surface area contributed by atoms with E-state index in [2.05, 4.69) is 0 Å². The largest absolute Gasteiger partial charge is 0.335 e. The molecule has 0 spiro atoms. The Labute approximate surface area is 150 Å². The lowest BCUT2D eigenvalue weighted by Gasteiger charge is -2.48. The molecule has 25 heavy (non-hydrogen) atoms. The average molecular weight is 362 g/mol. The molecule has 0 bridgehead atoms. The number of benzene rings is 1. The molecule has 0 unspecified atom stereocenters. The molecule has 5 heteroatoms. The minimum Gasteiger partial charge on any atom is -0.335 e. The van der Waals surface area contributed by atoms with Gasteiger partial charge in [0.25, 0.3) is 5.91 Å². The summed E-state index contributed by atoms with van der Waals surface area (Å²) in [4.78, 5) is 15.2. The smallest absolute Gasteiger partial charge is 0.254 e. The summed E-state index contributed by atoms with van der Waals surface area (Å²) in [5.74, 6) is 0.737. The number of carbonyl (C=O) groups is 1. The molecule has 1 amide bonds. The summed E-state index contributed by atoms with van der Waals surface area (Å²) >= 11 is 0. The Balaban J connectivity index is 1.48. The number of amides is 1. The van der Waals surface area contributed by atoms with E-state index in [9.17, 15) is 13.2 Å². The van der Waals surface area contributed by atoms with Gasteiger partial charge in [-0.25, -0.2) is 8.42 Å². The van der Waals surface area contributed by atoms with Gasteiger partial charge >= 0.3 is 0 Å². The van der Waals surface area contributed by atoms with Crippen molar-refractivity contribution >= 4 is 15.7 Å². The van der Waals surface area contributed by atoms with Crippen molar-refractivity contribution in [2.75, 3.05) is 6.54 Å². The molecule has 3 fully saturated rings. The zero-order valence-corrected chi connectivity index (χ0v) is 15.5. The van der Waals surface area contributed by atoms with Crippen molar-refractivity contribution < 1.29 is 13.2 Å². The van der Waals surface area contributed by atoms with Crippen LogP contribution in [0.1, 0.15) is 68.1 Å². The third kappa shape index (κ3) is 3.12. The van der Waals surface area contributed by atoms with E-state index in [1.165, 1.54) is 25.7 Å². The number of hydrogen-bond donors (Lipinski definition) is 0. The highest BCUT2D eigenvalue weighted by atomic mass is 32.2. The highest BCUT2D eigenvalue weighted by Crippen LogP contribution is 2.37. The molecule has 1 aromatic rings. The zero-order valence-electron chi connectivity index (χ0n) is 14.7. The Morgan fingerprint density at radius 1 is 0.880 bits per heavy atom. The Hall–Kier alpha value is -1.36. The molecular formula is C20H27NO3S. The fourth-order valence-electron chi connectivity index (χ4n) is 4.82. The van der Waals surface area contributed by atoms with E-state index in [1.807, 2.05) is 4.90 Å². The molecule has 1 heterocycles. The van der Waals surface area contributed by atoms with Gasteiger partial charge in [0.2, 0.25) is 0 Å². The lowest BCUT2D eigenvalue weighted by molar-refractivity contribution is 0.0122. The molecule has 1 aromatic carbocycles. The van der Waals surface area contributed by atoms with Gasteiger partial charge < -0.3 is 4.90 Å². The Kier molecular flexibility index (Phi) is 4.61. The quantitative estimate of drug-likeness (QED) is 0.823. The van der Waals surface area contributed by atoms with Crippen LogP contribution in [0.4, 0.5) is 0 Å². The number of nitrogens with zero attached hydrogens (tertiary/aromatic N) is 1. The highest BCUT2D eigenvalue weighted by Gasteiger charge is 2.42. The fourth-order valence-corrected chi connectivity index (χ4v) is 6.67. The van der Waals surface area contributed by atoms with Crippen LogP contribution in [0.15, 0.2) is 29.2 Å². The van der Waals surface area contributed by atoms with E-state index >= 15 is 0 Å². The second-order valence-corrected chi connectivity index (χ2v) is 10.1. The monoisotopic (exact) mass is 361 g/mol. The third-order valence-electron chi connectivity index (χ3n) is 6.38. The molecule has 2 aliphatic carbocycles. The van der Waals surface area contributed by atoms with Crippen LogP contribution in [0.3, 0.4) is 0 Å². The molecular weight excluding hydrogens is 334 g/mol. The van der Waals surface area contributed by atoms with Crippen molar-refractivity contribution in [1.82, 2.24) is 4.90 Å². The maximum atomic E-state index is 12.8. The summed E-state index contributed by atoms with van der Waals surface area (Å²) in [7, 11) is -3.24. The molecule has 2 atom stereocenters. The van der Waals surface area contributed by atoms with Gasteiger partial charge in [0, 0.05) is 18.2 Å². The number of likely N-dealkylation sites (tertiary alicyclic amines) is 1. The Bertz CT molecular complexity index is 735. The van der Waals surface area contributed by atoms with Crippen LogP contribution in [-0.4, -0.2) is 37.1 Å². The van der Waals surface area contributed by atoms with Crippen LogP contribution in [0.2, 0.25) is 0 Å². The van der Waals surface area contributed by atoms with Crippen LogP contribution in [0, 0.1) is 5.92 Å². The molecule has 0 N–H and O–H groups in total. The van der Waals surface area contributed by atoms with Gasteiger partial charge in [-0.2, -0.15) is 0 Å². The van der Waals surface area contributed by atoms with Crippen LogP contribution < -0.4 is 0 Å². The van der Waals surface area contributed by atoms with Crippen molar-refractivity contribution in [3.8, 4) is 0 Å². The van der Waals surface area contributed by atoms with E-state index in [-0.39, 0.29) is 11.2 Å². The third-order valence-corrected chi connectivity index (χ3v) is 8.66. The van der Waals surface area contributed by atoms with Crippen molar-refractivity contribution in [2.24, 2.45) is 5.92 Å². The van der Waals surface area contributed by atoms with Gasteiger partial charge in [-0.3, -0.25) is 4.79 Å². The van der Waals surface area contributed by atoms with Crippen molar-refractivity contribution in [3.05, 3.63) is 29.8 Å². The van der Waals surface area contributed by atoms with E-state index in [0.29, 0.717) is 22.4 Å². The second kappa shape index (κ2) is 6.75. The lowest BCUT2D eigenvalue weighted by atomic mass is 9.84. The summed E-state index contributed by atoms with van der Waals surface area (Å²) in [6.45, 7) is 0.867. The van der Waals surface area contributed by atoms with Crippen LogP contribution in [0.5, 0.6) is 0 Å². The highest BCUT2D eigenvalue weighted by molar-refractivity contribution is 7.92. The van der Waals surface area contributed by atoms with Gasteiger partial charge in [0.1, 0.15) is 0 Å². The first-order valence-corrected chi connectivity index (χ1v) is 11.3. The summed E-state index contributed by atoms with van der Waals surface area (Å²) < 4.78 is 25.3. The van der Waals surface area contributed by atoms with Gasteiger partial charge in [-0.1, -0.05) is 32.1 Å². The first kappa shape index (κ1) is 17.1.